The van der Waals surface area contributed by atoms with Crippen molar-refractivity contribution in [3.05, 3.63) is 48.0 Å². The van der Waals surface area contributed by atoms with E-state index in [2.05, 4.69) is 21.4 Å². The van der Waals surface area contributed by atoms with Gasteiger partial charge in [0.15, 0.2) is 0 Å². The normalized spacial score (nSPS) is 11.0. The van der Waals surface area contributed by atoms with Gasteiger partial charge < -0.3 is 9.88 Å². The molecule has 3 rings (SSSR count). The van der Waals surface area contributed by atoms with Crippen molar-refractivity contribution < 1.29 is 4.79 Å². The minimum Gasteiger partial charge on any atom is -0.356 e. The molecule has 2 aromatic heterocycles. The number of aryl methyl sites for hydroxylation is 2. The van der Waals surface area contributed by atoms with E-state index in [9.17, 15) is 4.79 Å². The number of nitrogens with one attached hydrogen (secondary N) is 1. The van der Waals surface area contributed by atoms with E-state index in [1.807, 2.05) is 29.0 Å². The lowest BCUT2D eigenvalue weighted by Crippen LogP contribution is -2.24. The van der Waals surface area contributed by atoms with Crippen molar-refractivity contribution in [3.8, 4) is 0 Å². The summed E-state index contributed by atoms with van der Waals surface area (Å²) in [6.45, 7) is 1.59. The SMILES string of the molecule is O=C(CCCc1nc2ccccc2s1)NCCCn1ccnc1. The first-order chi connectivity index (χ1) is 11.3. The Hall–Kier alpha value is -2.21. The first-order valence-electron chi connectivity index (χ1n) is 7.88. The van der Waals surface area contributed by atoms with E-state index in [0.29, 0.717) is 13.0 Å². The third kappa shape index (κ3) is 4.63. The van der Waals surface area contributed by atoms with Gasteiger partial charge in [0.05, 0.1) is 21.6 Å². The van der Waals surface area contributed by atoms with Crippen LogP contribution in [-0.4, -0.2) is 27.0 Å². The molecule has 3 aromatic rings. The highest BCUT2D eigenvalue weighted by molar-refractivity contribution is 7.18. The molecule has 0 aliphatic rings. The fraction of sp³-hybridized carbons (Fsp3) is 0.353. The molecular formula is C17H20N4OS. The number of benzene rings is 1. The number of imidazole rings is 1. The maximum absolute atomic E-state index is 11.8. The zero-order valence-corrected chi connectivity index (χ0v) is 13.8. The monoisotopic (exact) mass is 328 g/mol. The molecule has 23 heavy (non-hydrogen) atoms. The molecule has 0 aliphatic carbocycles. The topological polar surface area (TPSA) is 59.8 Å². The highest BCUT2D eigenvalue weighted by Crippen LogP contribution is 2.22. The number of aromatic nitrogens is 3. The Morgan fingerprint density at radius 3 is 3.00 bits per heavy atom. The number of amides is 1. The van der Waals surface area contributed by atoms with Gasteiger partial charge in [-0.1, -0.05) is 12.1 Å². The van der Waals surface area contributed by atoms with Crippen LogP contribution in [0.3, 0.4) is 0 Å². The number of thiazole rings is 1. The van der Waals surface area contributed by atoms with E-state index in [4.69, 9.17) is 0 Å². The molecule has 0 unspecified atom stereocenters. The highest BCUT2D eigenvalue weighted by atomic mass is 32.1. The van der Waals surface area contributed by atoms with Crippen molar-refractivity contribution in [3.63, 3.8) is 0 Å². The third-order valence-corrected chi connectivity index (χ3v) is 4.70. The van der Waals surface area contributed by atoms with Gasteiger partial charge in [0.1, 0.15) is 0 Å². The van der Waals surface area contributed by atoms with Gasteiger partial charge in [-0.25, -0.2) is 9.97 Å². The van der Waals surface area contributed by atoms with Crippen molar-refractivity contribution in [2.75, 3.05) is 6.54 Å². The van der Waals surface area contributed by atoms with Gasteiger partial charge in [-0.2, -0.15) is 0 Å². The second-order valence-electron chi connectivity index (χ2n) is 5.43. The average Bonchev–Trinajstić information content (AvgIpc) is 3.20. The van der Waals surface area contributed by atoms with E-state index < -0.39 is 0 Å². The summed E-state index contributed by atoms with van der Waals surface area (Å²) in [4.78, 5) is 20.4. The highest BCUT2D eigenvalue weighted by Gasteiger charge is 2.05. The minimum atomic E-state index is 0.122. The number of carbonyl (C=O) groups excluding carboxylic acids is 1. The summed E-state index contributed by atoms with van der Waals surface area (Å²) in [5, 5.41) is 4.08. The van der Waals surface area contributed by atoms with Crippen LogP contribution in [0.2, 0.25) is 0 Å². The van der Waals surface area contributed by atoms with Gasteiger partial charge >= 0.3 is 0 Å². The van der Waals surface area contributed by atoms with Crippen LogP contribution < -0.4 is 5.32 Å². The summed E-state index contributed by atoms with van der Waals surface area (Å²) in [5.41, 5.74) is 1.05. The predicted molar refractivity (Wildman–Crippen MR) is 92.4 cm³/mol. The minimum absolute atomic E-state index is 0.122. The maximum Gasteiger partial charge on any atom is 0.220 e. The number of rotatable bonds is 8. The predicted octanol–water partition coefficient (Wildman–Crippen LogP) is 3.02. The zero-order valence-electron chi connectivity index (χ0n) is 12.9. The van der Waals surface area contributed by atoms with Crippen LogP contribution in [0.5, 0.6) is 0 Å². The molecule has 1 amide bonds. The Balaban J connectivity index is 1.32. The van der Waals surface area contributed by atoms with E-state index in [-0.39, 0.29) is 5.91 Å². The van der Waals surface area contributed by atoms with Gasteiger partial charge in [-0.3, -0.25) is 4.79 Å². The summed E-state index contributed by atoms with van der Waals surface area (Å²) in [5.74, 6) is 0.122. The number of nitrogens with zero attached hydrogens (tertiary/aromatic N) is 3. The maximum atomic E-state index is 11.8. The molecule has 0 spiro atoms. The first kappa shape index (κ1) is 15.7. The van der Waals surface area contributed by atoms with Crippen LogP contribution in [-0.2, 0) is 17.8 Å². The standard InChI is InChI=1S/C17H20N4OS/c22-16(19-9-4-11-21-12-10-18-13-21)7-3-8-17-20-14-5-1-2-6-15(14)23-17/h1-2,5-6,10,12-13H,3-4,7-9,11H2,(H,19,22). The van der Waals surface area contributed by atoms with E-state index >= 15 is 0 Å². The van der Waals surface area contributed by atoms with Crippen LogP contribution in [0.25, 0.3) is 10.2 Å². The molecule has 0 radical (unpaired) electrons. The molecule has 2 heterocycles. The van der Waals surface area contributed by atoms with Gasteiger partial charge in [0, 0.05) is 31.9 Å². The molecular weight excluding hydrogens is 308 g/mol. The fourth-order valence-electron chi connectivity index (χ4n) is 2.42. The van der Waals surface area contributed by atoms with E-state index in [1.54, 1.807) is 23.9 Å². The van der Waals surface area contributed by atoms with Gasteiger partial charge in [-0.15, -0.1) is 11.3 Å². The Labute approximate surface area is 139 Å². The molecule has 0 aliphatic heterocycles. The summed E-state index contributed by atoms with van der Waals surface area (Å²) in [6, 6.07) is 8.15. The van der Waals surface area contributed by atoms with Gasteiger partial charge in [-0.05, 0) is 31.4 Å². The molecule has 120 valence electrons. The third-order valence-electron chi connectivity index (χ3n) is 3.61. The van der Waals surface area contributed by atoms with Crippen molar-refractivity contribution in [1.29, 1.82) is 0 Å². The van der Waals surface area contributed by atoms with Crippen molar-refractivity contribution in [2.45, 2.75) is 32.2 Å². The Kier molecular flexibility index (Phi) is 5.37. The lowest BCUT2D eigenvalue weighted by Gasteiger charge is -2.05. The second-order valence-corrected chi connectivity index (χ2v) is 6.55. The molecule has 0 fully saturated rings. The van der Waals surface area contributed by atoms with Crippen LogP contribution in [0, 0.1) is 0 Å². The summed E-state index contributed by atoms with van der Waals surface area (Å²) >= 11 is 1.72. The molecule has 5 nitrogen and oxygen atoms in total. The Bertz CT molecular complexity index is 718. The van der Waals surface area contributed by atoms with Gasteiger partial charge in [0.2, 0.25) is 5.91 Å². The Morgan fingerprint density at radius 2 is 2.17 bits per heavy atom. The quantitative estimate of drug-likeness (QED) is 0.647. The van der Waals surface area contributed by atoms with E-state index in [0.717, 1.165) is 36.3 Å². The second kappa shape index (κ2) is 7.87. The fourth-order valence-corrected chi connectivity index (χ4v) is 3.43. The van der Waals surface area contributed by atoms with E-state index in [1.165, 1.54) is 4.70 Å². The summed E-state index contributed by atoms with van der Waals surface area (Å²) < 4.78 is 3.23. The lowest BCUT2D eigenvalue weighted by molar-refractivity contribution is -0.121. The molecule has 0 saturated carbocycles. The van der Waals surface area contributed by atoms with Gasteiger partial charge in [0.25, 0.3) is 0 Å². The van der Waals surface area contributed by atoms with Crippen LogP contribution in [0.4, 0.5) is 0 Å². The Morgan fingerprint density at radius 1 is 1.26 bits per heavy atom. The smallest absolute Gasteiger partial charge is 0.220 e. The zero-order chi connectivity index (χ0) is 15.9. The number of para-hydroxylation sites is 1. The number of hydrogen-bond acceptors (Lipinski definition) is 4. The average molecular weight is 328 g/mol. The number of hydrogen-bond donors (Lipinski definition) is 1. The first-order valence-corrected chi connectivity index (χ1v) is 8.70. The molecule has 0 saturated heterocycles. The van der Waals surface area contributed by atoms with Crippen LogP contribution in [0.15, 0.2) is 43.0 Å². The molecule has 1 N–H and O–H groups in total. The summed E-state index contributed by atoms with van der Waals surface area (Å²) in [6.07, 6.45) is 8.66. The number of carbonyl (C=O) groups is 1. The summed E-state index contributed by atoms with van der Waals surface area (Å²) in [7, 11) is 0. The number of fused-ring (bicyclic) bond motifs is 1. The molecule has 0 atom stereocenters. The lowest BCUT2D eigenvalue weighted by atomic mass is 10.2. The van der Waals surface area contributed by atoms with Crippen molar-refractivity contribution >= 4 is 27.5 Å². The van der Waals surface area contributed by atoms with Crippen molar-refractivity contribution in [1.82, 2.24) is 19.9 Å². The largest absolute Gasteiger partial charge is 0.356 e. The molecule has 0 bridgehead atoms. The van der Waals surface area contributed by atoms with Crippen molar-refractivity contribution in [2.24, 2.45) is 0 Å². The molecule has 1 aromatic carbocycles. The molecule has 6 heteroatoms. The van der Waals surface area contributed by atoms with Crippen LogP contribution in [0.1, 0.15) is 24.3 Å². The van der Waals surface area contributed by atoms with Crippen LogP contribution >= 0.6 is 11.3 Å².